The van der Waals surface area contributed by atoms with Crippen LogP contribution in [0.15, 0.2) is 0 Å². The highest BCUT2D eigenvalue weighted by Crippen LogP contribution is 2.32. The van der Waals surface area contributed by atoms with E-state index in [1.165, 1.54) is 12.8 Å². The molecule has 0 bridgehead atoms. The largest absolute Gasteiger partial charge is 0.272 e. The average Bonchev–Trinajstić information content (AvgIpc) is 2.35. The lowest BCUT2D eigenvalue weighted by molar-refractivity contribution is 0.193. The fourth-order valence-electron chi connectivity index (χ4n) is 0.866. The Labute approximate surface area is 56.8 Å². The van der Waals surface area contributed by atoms with Gasteiger partial charge in [-0.05, 0) is 20.3 Å². The van der Waals surface area contributed by atoms with Gasteiger partial charge in [-0.15, -0.1) is 0 Å². The summed E-state index contributed by atoms with van der Waals surface area (Å²) in [6, 6.07) is 0. The first-order valence-corrected chi connectivity index (χ1v) is 3.63. The predicted molar refractivity (Wildman–Crippen MR) is 36.8 cm³/mol. The Bertz CT molecular complexity index is 101. The fraction of sp³-hybridized carbons (Fsp3) is 1.00. The molecule has 0 saturated carbocycles. The molecule has 1 fully saturated rings. The van der Waals surface area contributed by atoms with Crippen LogP contribution in [0.1, 0.15) is 33.6 Å². The maximum absolute atomic E-state index is 5.24. The van der Waals surface area contributed by atoms with Crippen molar-refractivity contribution in [2.24, 2.45) is 0 Å². The van der Waals surface area contributed by atoms with Gasteiger partial charge in [-0.3, -0.25) is 4.84 Å². The van der Waals surface area contributed by atoms with Gasteiger partial charge in [-0.25, -0.2) is 0 Å². The van der Waals surface area contributed by atoms with Crippen LogP contribution in [0, 0.1) is 0 Å². The molecule has 54 valence electrons. The van der Waals surface area contributed by atoms with Crippen LogP contribution in [0.2, 0.25) is 0 Å². The van der Waals surface area contributed by atoms with Crippen molar-refractivity contribution in [2.75, 3.05) is 6.54 Å². The third kappa shape index (κ3) is 1.66. The van der Waals surface area contributed by atoms with Gasteiger partial charge >= 0.3 is 0 Å². The molecular weight excluding hydrogens is 114 g/mol. The maximum atomic E-state index is 5.24. The molecule has 1 saturated heterocycles. The number of hydrogen-bond acceptors (Lipinski definition) is 2. The van der Waals surface area contributed by atoms with Crippen LogP contribution in [0.3, 0.4) is 0 Å². The second-order valence-electron chi connectivity index (χ2n) is 2.99. The van der Waals surface area contributed by atoms with E-state index in [-0.39, 0.29) is 5.72 Å². The molecule has 0 aromatic carbocycles. The lowest BCUT2D eigenvalue weighted by Crippen LogP contribution is -2.09. The summed E-state index contributed by atoms with van der Waals surface area (Å²) < 4.78 is 0. The normalized spacial score (nSPS) is 30.3. The van der Waals surface area contributed by atoms with Crippen molar-refractivity contribution in [3.05, 3.63) is 0 Å². The highest BCUT2D eigenvalue weighted by atomic mass is 16.9. The van der Waals surface area contributed by atoms with Crippen LogP contribution >= 0.6 is 0 Å². The summed E-state index contributed by atoms with van der Waals surface area (Å²) in [6.07, 6.45) is 2.49. The Hall–Kier alpha value is -0.0800. The topological polar surface area (TPSA) is 15.5 Å². The molecule has 1 unspecified atom stereocenters. The zero-order valence-corrected chi connectivity index (χ0v) is 6.48. The van der Waals surface area contributed by atoms with Gasteiger partial charge in [0.25, 0.3) is 0 Å². The Balaban J connectivity index is 2.06. The summed E-state index contributed by atoms with van der Waals surface area (Å²) in [5.74, 6) is 0. The van der Waals surface area contributed by atoms with Crippen LogP contribution in [0.5, 0.6) is 0 Å². The Morgan fingerprint density at radius 1 is 1.44 bits per heavy atom. The van der Waals surface area contributed by atoms with Crippen molar-refractivity contribution in [2.45, 2.75) is 39.3 Å². The van der Waals surface area contributed by atoms with Crippen molar-refractivity contribution < 1.29 is 4.84 Å². The lowest BCUT2D eigenvalue weighted by atomic mass is 10.3. The van der Waals surface area contributed by atoms with E-state index in [9.17, 15) is 0 Å². The molecule has 1 aliphatic rings. The van der Waals surface area contributed by atoms with Crippen molar-refractivity contribution in [1.82, 2.24) is 5.06 Å². The first-order chi connectivity index (χ1) is 4.17. The van der Waals surface area contributed by atoms with Gasteiger partial charge in [0.2, 0.25) is 0 Å². The third-order valence-electron chi connectivity index (χ3n) is 1.62. The van der Waals surface area contributed by atoms with Crippen LogP contribution in [-0.2, 0) is 4.84 Å². The zero-order valence-electron chi connectivity index (χ0n) is 6.48. The van der Waals surface area contributed by atoms with Gasteiger partial charge in [-0.1, -0.05) is 13.3 Å². The second kappa shape index (κ2) is 2.27. The standard InChI is InChI=1S/C7H15NO/c1-4-5-6-8-7(2,3)9-8/h4-6H2,1-3H3. The first-order valence-electron chi connectivity index (χ1n) is 3.63. The molecule has 9 heavy (non-hydrogen) atoms. The van der Waals surface area contributed by atoms with Gasteiger partial charge in [0.05, 0.1) is 0 Å². The second-order valence-corrected chi connectivity index (χ2v) is 2.99. The molecule has 1 heterocycles. The number of nitrogens with zero attached hydrogens (tertiary/aromatic N) is 1. The highest BCUT2D eigenvalue weighted by Gasteiger charge is 2.44. The smallest absolute Gasteiger partial charge is 0.159 e. The van der Waals surface area contributed by atoms with Crippen LogP contribution in [0.25, 0.3) is 0 Å². The summed E-state index contributed by atoms with van der Waals surface area (Å²) >= 11 is 0. The molecule has 0 aliphatic carbocycles. The third-order valence-corrected chi connectivity index (χ3v) is 1.62. The van der Waals surface area contributed by atoms with E-state index in [1.807, 2.05) is 5.06 Å². The van der Waals surface area contributed by atoms with E-state index in [0.717, 1.165) is 6.54 Å². The van der Waals surface area contributed by atoms with Gasteiger partial charge in [0, 0.05) is 6.54 Å². The van der Waals surface area contributed by atoms with Gasteiger partial charge in [0.1, 0.15) is 0 Å². The number of rotatable bonds is 3. The van der Waals surface area contributed by atoms with Gasteiger partial charge in [0.15, 0.2) is 5.72 Å². The highest BCUT2D eigenvalue weighted by molar-refractivity contribution is 4.75. The lowest BCUT2D eigenvalue weighted by Gasteiger charge is -1.96. The average molecular weight is 129 g/mol. The van der Waals surface area contributed by atoms with E-state index >= 15 is 0 Å². The minimum Gasteiger partial charge on any atom is -0.272 e. The number of unbranched alkanes of at least 4 members (excludes halogenated alkanes) is 1. The zero-order chi connectivity index (χ0) is 6.91. The monoisotopic (exact) mass is 129 g/mol. The molecule has 0 amide bonds. The summed E-state index contributed by atoms with van der Waals surface area (Å²) in [5.41, 5.74) is 0.0508. The van der Waals surface area contributed by atoms with Crippen molar-refractivity contribution in [3.63, 3.8) is 0 Å². The molecule has 0 N–H and O–H groups in total. The van der Waals surface area contributed by atoms with E-state index in [0.29, 0.717) is 0 Å². The predicted octanol–water partition coefficient (Wildman–Crippen LogP) is 1.77. The van der Waals surface area contributed by atoms with Crippen molar-refractivity contribution >= 4 is 0 Å². The van der Waals surface area contributed by atoms with Gasteiger partial charge < -0.3 is 0 Å². The quantitative estimate of drug-likeness (QED) is 0.540. The Morgan fingerprint density at radius 3 is 2.33 bits per heavy atom. The van der Waals surface area contributed by atoms with E-state index in [2.05, 4.69) is 20.8 Å². The Kier molecular flexibility index (Phi) is 1.78. The summed E-state index contributed by atoms with van der Waals surface area (Å²) in [4.78, 5) is 5.24. The molecule has 1 aliphatic heterocycles. The van der Waals surface area contributed by atoms with Crippen LogP contribution < -0.4 is 0 Å². The van der Waals surface area contributed by atoms with Crippen molar-refractivity contribution in [1.29, 1.82) is 0 Å². The van der Waals surface area contributed by atoms with Crippen LogP contribution in [0.4, 0.5) is 0 Å². The minimum absolute atomic E-state index is 0.0508. The molecule has 0 radical (unpaired) electrons. The van der Waals surface area contributed by atoms with Crippen LogP contribution in [-0.4, -0.2) is 17.3 Å². The summed E-state index contributed by atoms with van der Waals surface area (Å²) in [6.45, 7) is 7.45. The molecule has 1 rings (SSSR count). The summed E-state index contributed by atoms with van der Waals surface area (Å²) in [7, 11) is 0. The number of hydrogen-bond donors (Lipinski definition) is 0. The number of hydroxylamine groups is 2. The summed E-state index contributed by atoms with van der Waals surface area (Å²) in [5, 5.41) is 2.02. The van der Waals surface area contributed by atoms with Crippen molar-refractivity contribution in [3.8, 4) is 0 Å². The Morgan fingerprint density at radius 2 is 2.00 bits per heavy atom. The molecule has 0 spiro atoms. The minimum atomic E-state index is 0.0508. The molecule has 0 aromatic heterocycles. The fourth-order valence-corrected chi connectivity index (χ4v) is 0.866. The maximum Gasteiger partial charge on any atom is 0.159 e. The van der Waals surface area contributed by atoms with E-state index < -0.39 is 0 Å². The molecule has 2 nitrogen and oxygen atoms in total. The van der Waals surface area contributed by atoms with E-state index in [1.54, 1.807) is 0 Å². The molecule has 0 aromatic rings. The van der Waals surface area contributed by atoms with E-state index in [4.69, 9.17) is 4.84 Å². The molecular formula is C7H15NO. The first kappa shape index (κ1) is 7.03. The SMILES string of the molecule is CCCCN1OC1(C)C. The molecule has 2 heteroatoms. The van der Waals surface area contributed by atoms with Gasteiger partial charge in [-0.2, -0.15) is 5.06 Å². The molecule has 1 atom stereocenters.